The van der Waals surface area contributed by atoms with Crippen molar-refractivity contribution in [2.45, 2.75) is 44.7 Å². The number of hydrogen-bond donors (Lipinski definition) is 1. The minimum atomic E-state index is -0.341. The topological polar surface area (TPSA) is 35.6 Å². The fourth-order valence-corrected chi connectivity index (χ4v) is 2.92. The number of amides is 1. The molecule has 1 atom stereocenters. The second-order valence-corrected chi connectivity index (χ2v) is 5.88. The lowest BCUT2D eigenvalue weighted by molar-refractivity contribution is -0.147. The molecule has 1 N–H and O–H groups in total. The van der Waals surface area contributed by atoms with E-state index in [1.165, 1.54) is 19.3 Å². The molecule has 17 heavy (non-hydrogen) atoms. The Morgan fingerprint density at radius 3 is 2.76 bits per heavy atom. The lowest BCUT2D eigenvalue weighted by atomic mass is 9.95. The van der Waals surface area contributed by atoms with Crippen LogP contribution in [0.25, 0.3) is 0 Å². The average molecular weight is 239 g/mol. The first-order chi connectivity index (χ1) is 8.01. The number of nitrogens with one attached hydrogen (secondary N) is 1. The van der Waals surface area contributed by atoms with Crippen molar-refractivity contribution >= 4 is 5.91 Å². The summed E-state index contributed by atoms with van der Waals surface area (Å²) in [6.07, 6.45) is 3.86. The molecular weight excluding hydrogens is 214 g/mol. The molecule has 2 fully saturated rings. The van der Waals surface area contributed by atoms with Crippen molar-refractivity contribution in [3.63, 3.8) is 0 Å². The van der Waals surface area contributed by atoms with E-state index in [9.17, 15) is 4.79 Å². The Balaban J connectivity index is 1.97. The Hall–Kier alpha value is -0.610. The third kappa shape index (κ3) is 2.63. The van der Waals surface area contributed by atoms with Gasteiger partial charge in [0, 0.05) is 32.7 Å². The Kier molecular flexibility index (Phi) is 3.73. The molecule has 0 radical (unpaired) electrons. The van der Waals surface area contributed by atoms with Gasteiger partial charge in [0.1, 0.15) is 0 Å². The lowest BCUT2D eigenvalue weighted by Crippen LogP contribution is -2.64. The maximum Gasteiger partial charge on any atom is 0.242 e. The summed E-state index contributed by atoms with van der Waals surface area (Å²) in [6.45, 7) is 8.09. The van der Waals surface area contributed by atoms with Gasteiger partial charge in [-0.1, -0.05) is 6.42 Å². The Morgan fingerprint density at radius 2 is 2.12 bits per heavy atom. The average Bonchev–Trinajstić information content (AvgIpc) is 2.32. The number of piperidine rings is 1. The molecule has 98 valence electrons. The van der Waals surface area contributed by atoms with Crippen LogP contribution in [0.1, 0.15) is 33.1 Å². The molecule has 0 aromatic rings. The second-order valence-electron chi connectivity index (χ2n) is 5.88. The molecule has 2 aliphatic heterocycles. The van der Waals surface area contributed by atoms with Gasteiger partial charge in [-0.3, -0.25) is 9.69 Å². The minimum Gasteiger partial charge on any atom is -0.343 e. The van der Waals surface area contributed by atoms with Gasteiger partial charge in [0.15, 0.2) is 0 Å². The fraction of sp³-hybridized carbons (Fsp3) is 0.923. The van der Waals surface area contributed by atoms with Gasteiger partial charge in [-0.25, -0.2) is 0 Å². The predicted molar refractivity (Wildman–Crippen MR) is 68.9 cm³/mol. The monoisotopic (exact) mass is 239 g/mol. The maximum absolute atomic E-state index is 12.2. The normalized spacial score (nSPS) is 30.6. The number of rotatable bonds is 2. The highest BCUT2D eigenvalue weighted by Gasteiger charge is 2.40. The van der Waals surface area contributed by atoms with Crippen molar-refractivity contribution in [2.75, 3.05) is 33.2 Å². The van der Waals surface area contributed by atoms with Crippen LogP contribution in [0, 0.1) is 0 Å². The van der Waals surface area contributed by atoms with Crippen molar-refractivity contribution in [1.29, 1.82) is 0 Å². The Bertz CT molecular complexity index is 284. The zero-order valence-electron chi connectivity index (χ0n) is 11.3. The van der Waals surface area contributed by atoms with Crippen LogP contribution in [-0.2, 0) is 4.79 Å². The largest absolute Gasteiger partial charge is 0.343 e. The molecule has 0 bridgehead atoms. The van der Waals surface area contributed by atoms with Crippen LogP contribution in [0.5, 0.6) is 0 Å². The van der Waals surface area contributed by atoms with E-state index in [4.69, 9.17) is 0 Å². The van der Waals surface area contributed by atoms with Crippen molar-refractivity contribution in [2.24, 2.45) is 0 Å². The first-order valence-corrected chi connectivity index (χ1v) is 6.76. The zero-order valence-corrected chi connectivity index (χ0v) is 11.3. The number of hydrogen-bond acceptors (Lipinski definition) is 3. The number of piperazine rings is 1. The quantitative estimate of drug-likeness (QED) is 0.770. The molecule has 1 unspecified atom stereocenters. The summed E-state index contributed by atoms with van der Waals surface area (Å²) in [5, 5.41) is 3.56. The molecular formula is C13H25N3O. The van der Waals surface area contributed by atoms with Crippen LogP contribution in [0.4, 0.5) is 0 Å². The van der Waals surface area contributed by atoms with E-state index in [1.807, 2.05) is 25.8 Å². The number of carbonyl (C=O) groups excluding carboxylic acids is 1. The minimum absolute atomic E-state index is 0.250. The zero-order chi connectivity index (χ0) is 12.5. The lowest BCUT2D eigenvalue weighted by Gasteiger charge is -2.46. The first-order valence-electron chi connectivity index (χ1n) is 6.76. The number of carbonyl (C=O) groups is 1. The van der Waals surface area contributed by atoms with Crippen molar-refractivity contribution < 1.29 is 4.79 Å². The highest BCUT2D eigenvalue weighted by Crippen LogP contribution is 2.23. The van der Waals surface area contributed by atoms with Gasteiger partial charge >= 0.3 is 0 Å². The van der Waals surface area contributed by atoms with Gasteiger partial charge in [-0.05, 0) is 33.2 Å². The van der Waals surface area contributed by atoms with Gasteiger partial charge in [-0.15, -0.1) is 0 Å². The Morgan fingerprint density at radius 1 is 1.35 bits per heavy atom. The van der Waals surface area contributed by atoms with Crippen LogP contribution in [-0.4, -0.2) is 60.5 Å². The molecule has 0 saturated carbocycles. The summed E-state index contributed by atoms with van der Waals surface area (Å²) in [7, 11) is 1.90. The summed E-state index contributed by atoms with van der Waals surface area (Å²) >= 11 is 0. The SMILES string of the molecule is CN1CCN(CC2CCCCN2)C(C)(C)C1=O. The van der Waals surface area contributed by atoms with Gasteiger partial charge in [0.05, 0.1) is 5.54 Å². The van der Waals surface area contributed by atoms with E-state index in [2.05, 4.69) is 10.2 Å². The van der Waals surface area contributed by atoms with E-state index in [0.717, 1.165) is 26.2 Å². The second kappa shape index (κ2) is 4.94. The standard InChI is InChI=1S/C13H25N3O/c1-13(2)12(17)15(3)8-9-16(13)10-11-6-4-5-7-14-11/h11,14H,4-10H2,1-3H3. The van der Waals surface area contributed by atoms with Gasteiger partial charge in [0.2, 0.25) is 5.91 Å². The molecule has 0 aromatic heterocycles. The van der Waals surface area contributed by atoms with Gasteiger partial charge in [-0.2, -0.15) is 0 Å². The fourth-order valence-electron chi connectivity index (χ4n) is 2.92. The molecule has 2 saturated heterocycles. The van der Waals surface area contributed by atoms with Crippen LogP contribution in [0.3, 0.4) is 0 Å². The van der Waals surface area contributed by atoms with E-state index < -0.39 is 0 Å². The van der Waals surface area contributed by atoms with Crippen LogP contribution in [0.2, 0.25) is 0 Å². The molecule has 0 aromatic carbocycles. The summed E-state index contributed by atoms with van der Waals surface area (Å²) in [6, 6.07) is 0.569. The van der Waals surface area contributed by atoms with Gasteiger partial charge < -0.3 is 10.2 Å². The summed E-state index contributed by atoms with van der Waals surface area (Å²) in [5.74, 6) is 0.250. The van der Waals surface area contributed by atoms with Crippen molar-refractivity contribution in [1.82, 2.24) is 15.1 Å². The molecule has 2 heterocycles. The highest BCUT2D eigenvalue weighted by molar-refractivity contribution is 5.86. The van der Waals surface area contributed by atoms with Crippen molar-refractivity contribution in [3.05, 3.63) is 0 Å². The first kappa shape index (κ1) is 12.8. The van der Waals surface area contributed by atoms with Crippen LogP contribution >= 0.6 is 0 Å². The molecule has 4 heteroatoms. The molecule has 0 aliphatic carbocycles. The van der Waals surface area contributed by atoms with Crippen molar-refractivity contribution in [3.8, 4) is 0 Å². The Labute approximate surface area is 104 Å². The van der Waals surface area contributed by atoms with E-state index >= 15 is 0 Å². The molecule has 0 spiro atoms. The molecule has 2 aliphatic rings. The van der Waals surface area contributed by atoms with E-state index in [-0.39, 0.29) is 11.4 Å². The molecule has 4 nitrogen and oxygen atoms in total. The highest BCUT2D eigenvalue weighted by atomic mass is 16.2. The third-order valence-electron chi connectivity index (χ3n) is 4.22. The van der Waals surface area contributed by atoms with E-state index in [1.54, 1.807) is 0 Å². The van der Waals surface area contributed by atoms with Crippen LogP contribution < -0.4 is 5.32 Å². The summed E-state index contributed by atoms with van der Waals surface area (Å²) < 4.78 is 0. The number of likely N-dealkylation sites (N-methyl/N-ethyl adjacent to an activating group) is 1. The molecule has 1 amide bonds. The van der Waals surface area contributed by atoms with Crippen LogP contribution in [0.15, 0.2) is 0 Å². The van der Waals surface area contributed by atoms with Gasteiger partial charge in [0.25, 0.3) is 0 Å². The number of nitrogens with zero attached hydrogens (tertiary/aromatic N) is 2. The van der Waals surface area contributed by atoms with E-state index in [0.29, 0.717) is 6.04 Å². The maximum atomic E-state index is 12.2. The predicted octanol–water partition coefficient (Wildman–Crippen LogP) is 0.681. The summed E-state index contributed by atoms with van der Waals surface area (Å²) in [4.78, 5) is 16.4. The summed E-state index contributed by atoms with van der Waals surface area (Å²) in [5.41, 5.74) is -0.341. The smallest absolute Gasteiger partial charge is 0.242 e. The molecule has 2 rings (SSSR count). The third-order valence-corrected chi connectivity index (χ3v) is 4.22.